The van der Waals surface area contributed by atoms with Gasteiger partial charge in [-0.05, 0) is 25.5 Å². The van der Waals surface area contributed by atoms with E-state index in [4.69, 9.17) is 9.47 Å². The molecule has 128 valence electrons. The van der Waals surface area contributed by atoms with E-state index >= 15 is 0 Å². The van der Waals surface area contributed by atoms with Gasteiger partial charge in [-0.3, -0.25) is 9.59 Å². The van der Waals surface area contributed by atoms with Gasteiger partial charge in [-0.2, -0.15) is 0 Å². The zero-order valence-electron chi connectivity index (χ0n) is 13.4. The largest absolute Gasteiger partial charge is 0.481 e. The van der Waals surface area contributed by atoms with Crippen LogP contribution in [0, 0.1) is 17.8 Å². The van der Waals surface area contributed by atoms with Crippen LogP contribution >= 0.6 is 0 Å². The smallest absolute Gasteiger partial charge is 0.338 e. The molecule has 24 heavy (non-hydrogen) atoms. The molecule has 0 fully saturated rings. The number of esters is 2. The fourth-order valence-corrected chi connectivity index (χ4v) is 2.80. The lowest BCUT2D eigenvalue weighted by Crippen LogP contribution is -2.39. The molecule has 1 aromatic carbocycles. The standard InChI is InChI=1S/C18H20O6/c1-2-23-18(22)14-10-6-9-13(15(14)16(19)20)11-24-17(21)12-7-4-3-5-8-12/h3-9,13-15H,2,10-11H2,1H3,(H,19,20). The molecule has 0 radical (unpaired) electrons. The van der Waals surface area contributed by atoms with E-state index in [1.807, 2.05) is 0 Å². The number of ether oxygens (including phenoxy) is 2. The molecule has 1 N–H and O–H groups in total. The van der Waals surface area contributed by atoms with E-state index in [-0.39, 0.29) is 13.2 Å². The minimum Gasteiger partial charge on any atom is -0.481 e. The zero-order chi connectivity index (χ0) is 17.5. The Balaban J connectivity index is 2.06. The van der Waals surface area contributed by atoms with Crippen LogP contribution in [-0.2, 0) is 19.1 Å². The van der Waals surface area contributed by atoms with Crippen LogP contribution < -0.4 is 0 Å². The number of carbonyl (C=O) groups is 3. The summed E-state index contributed by atoms with van der Waals surface area (Å²) < 4.78 is 10.2. The Labute approximate surface area is 140 Å². The molecule has 0 saturated carbocycles. The van der Waals surface area contributed by atoms with E-state index in [0.29, 0.717) is 12.0 Å². The van der Waals surface area contributed by atoms with Crippen molar-refractivity contribution < 1.29 is 29.0 Å². The van der Waals surface area contributed by atoms with Crippen LogP contribution in [0.3, 0.4) is 0 Å². The van der Waals surface area contributed by atoms with Crippen molar-refractivity contribution in [2.75, 3.05) is 13.2 Å². The number of allylic oxidation sites excluding steroid dienone is 1. The highest BCUT2D eigenvalue weighted by Crippen LogP contribution is 2.32. The lowest BCUT2D eigenvalue weighted by Gasteiger charge is -2.30. The molecule has 6 heteroatoms. The van der Waals surface area contributed by atoms with Crippen molar-refractivity contribution in [3.63, 3.8) is 0 Å². The highest BCUT2D eigenvalue weighted by Gasteiger charge is 2.41. The van der Waals surface area contributed by atoms with Gasteiger partial charge in [-0.15, -0.1) is 0 Å². The first-order valence-electron chi connectivity index (χ1n) is 7.82. The SMILES string of the molecule is CCOC(=O)C1CC=CC(COC(=O)c2ccccc2)C1C(=O)O. The van der Waals surface area contributed by atoms with E-state index in [9.17, 15) is 19.5 Å². The second-order valence-corrected chi connectivity index (χ2v) is 5.51. The number of carbonyl (C=O) groups excluding carboxylic acids is 2. The Morgan fingerprint density at radius 1 is 1.17 bits per heavy atom. The molecule has 0 aliphatic heterocycles. The molecule has 0 heterocycles. The first-order chi connectivity index (χ1) is 11.5. The Kier molecular flexibility index (Phi) is 6.12. The molecule has 1 aromatic rings. The van der Waals surface area contributed by atoms with Crippen LogP contribution in [0.15, 0.2) is 42.5 Å². The third-order valence-electron chi connectivity index (χ3n) is 3.96. The summed E-state index contributed by atoms with van der Waals surface area (Å²) in [5.41, 5.74) is 0.395. The number of carboxylic acid groups (broad SMARTS) is 1. The monoisotopic (exact) mass is 332 g/mol. The summed E-state index contributed by atoms with van der Waals surface area (Å²) in [4.78, 5) is 35.6. The summed E-state index contributed by atoms with van der Waals surface area (Å²) in [6.45, 7) is 1.77. The number of aliphatic carboxylic acids is 1. The highest BCUT2D eigenvalue weighted by molar-refractivity contribution is 5.89. The van der Waals surface area contributed by atoms with Gasteiger partial charge in [0.1, 0.15) is 0 Å². The summed E-state index contributed by atoms with van der Waals surface area (Å²) in [5, 5.41) is 9.50. The van der Waals surface area contributed by atoms with Gasteiger partial charge >= 0.3 is 17.9 Å². The molecule has 6 nitrogen and oxygen atoms in total. The van der Waals surface area contributed by atoms with Crippen LogP contribution in [0.1, 0.15) is 23.7 Å². The Hall–Kier alpha value is -2.63. The number of hydrogen-bond donors (Lipinski definition) is 1. The molecule has 0 aromatic heterocycles. The van der Waals surface area contributed by atoms with Crippen LogP contribution in [0.5, 0.6) is 0 Å². The van der Waals surface area contributed by atoms with E-state index in [2.05, 4.69) is 0 Å². The molecule has 1 aliphatic rings. The lowest BCUT2D eigenvalue weighted by atomic mass is 9.76. The van der Waals surface area contributed by atoms with Crippen molar-refractivity contribution in [1.29, 1.82) is 0 Å². The van der Waals surface area contributed by atoms with Crippen molar-refractivity contribution in [3.8, 4) is 0 Å². The summed E-state index contributed by atoms with van der Waals surface area (Å²) in [6.07, 6.45) is 3.73. The predicted octanol–water partition coefficient (Wildman–Crippen LogP) is 2.30. The van der Waals surface area contributed by atoms with Crippen molar-refractivity contribution in [3.05, 3.63) is 48.0 Å². The highest BCUT2D eigenvalue weighted by atomic mass is 16.5. The molecule has 0 bridgehead atoms. The second kappa shape index (κ2) is 8.29. The molecular formula is C18H20O6. The Morgan fingerprint density at radius 3 is 2.50 bits per heavy atom. The van der Waals surface area contributed by atoms with Crippen LogP contribution in [-0.4, -0.2) is 36.2 Å². The molecule has 3 atom stereocenters. The third-order valence-corrected chi connectivity index (χ3v) is 3.96. The van der Waals surface area contributed by atoms with Crippen LogP contribution in [0.25, 0.3) is 0 Å². The van der Waals surface area contributed by atoms with Gasteiger partial charge in [-0.25, -0.2) is 4.79 Å². The maximum absolute atomic E-state index is 12.0. The maximum Gasteiger partial charge on any atom is 0.338 e. The summed E-state index contributed by atoms with van der Waals surface area (Å²) in [5.74, 6) is -4.47. The quantitative estimate of drug-likeness (QED) is 0.635. The molecule has 0 amide bonds. The molecule has 2 rings (SSSR count). The Bertz CT molecular complexity index is 622. The molecule has 0 saturated heterocycles. The van der Waals surface area contributed by atoms with E-state index < -0.39 is 35.7 Å². The van der Waals surface area contributed by atoms with Crippen LogP contribution in [0.2, 0.25) is 0 Å². The minimum atomic E-state index is -1.10. The van der Waals surface area contributed by atoms with Gasteiger partial charge in [0.2, 0.25) is 0 Å². The van der Waals surface area contributed by atoms with Crippen molar-refractivity contribution in [1.82, 2.24) is 0 Å². The average molecular weight is 332 g/mol. The fourth-order valence-electron chi connectivity index (χ4n) is 2.80. The van der Waals surface area contributed by atoms with E-state index in [0.717, 1.165) is 0 Å². The van der Waals surface area contributed by atoms with Gasteiger partial charge in [0.05, 0.1) is 30.6 Å². The summed E-state index contributed by atoms with van der Waals surface area (Å²) >= 11 is 0. The molecule has 0 spiro atoms. The molecule has 3 unspecified atom stereocenters. The molecule has 1 aliphatic carbocycles. The fraction of sp³-hybridized carbons (Fsp3) is 0.389. The van der Waals surface area contributed by atoms with E-state index in [1.54, 1.807) is 49.4 Å². The van der Waals surface area contributed by atoms with E-state index in [1.165, 1.54) is 0 Å². The maximum atomic E-state index is 12.0. The van der Waals surface area contributed by atoms with Gasteiger partial charge in [0.25, 0.3) is 0 Å². The van der Waals surface area contributed by atoms with Crippen molar-refractivity contribution in [2.45, 2.75) is 13.3 Å². The zero-order valence-corrected chi connectivity index (χ0v) is 13.4. The van der Waals surface area contributed by atoms with Crippen LogP contribution in [0.4, 0.5) is 0 Å². The van der Waals surface area contributed by atoms with Gasteiger partial charge in [0.15, 0.2) is 0 Å². The third kappa shape index (κ3) is 4.22. The second-order valence-electron chi connectivity index (χ2n) is 5.51. The van der Waals surface area contributed by atoms with Gasteiger partial charge in [-0.1, -0.05) is 30.4 Å². The lowest BCUT2D eigenvalue weighted by molar-refractivity contribution is -0.159. The number of hydrogen-bond acceptors (Lipinski definition) is 5. The topological polar surface area (TPSA) is 89.9 Å². The molecular weight excluding hydrogens is 312 g/mol. The number of carboxylic acids is 1. The summed E-state index contributed by atoms with van der Waals surface area (Å²) in [6, 6.07) is 8.46. The first-order valence-corrected chi connectivity index (χ1v) is 7.82. The Morgan fingerprint density at radius 2 is 1.88 bits per heavy atom. The number of rotatable bonds is 6. The average Bonchev–Trinajstić information content (AvgIpc) is 2.60. The first kappa shape index (κ1) is 17.7. The van der Waals surface area contributed by atoms with Gasteiger partial charge in [0, 0.05) is 5.92 Å². The summed E-state index contributed by atoms with van der Waals surface area (Å²) in [7, 11) is 0. The minimum absolute atomic E-state index is 0.100. The number of benzene rings is 1. The van der Waals surface area contributed by atoms with Gasteiger partial charge < -0.3 is 14.6 Å². The predicted molar refractivity (Wildman–Crippen MR) is 85.2 cm³/mol. The van der Waals surface area contributed by atoms with Crippen molar-refractivity contribution >= 4 is 17.9 Å². The normalized spacial score (nSPS) is 22.6. The van der Waals surface area contributed by atoms with Crippen molar-refractivity contribution in [2.24, 2.45) is 17.8 Å².